The lowest BCUT2D eigenvalue weighted by atomic mass is 9.80. The van der Waals surface area contributed by atoms with Gasteiger partial charge in [-0.2, -0.15) is 13.2 Å². The van der Waals surface area contributed by atoms with Gasteiger partial charge < -0.3 is 10.2 Å². The standard InChI is InChI=1S/C30H30ClF5N2O/c1-20(39)37-29(23-8-13-28(31)27(19-23)30(34,35)36)14-17-38(18-15-29)16-2-3-26(21-4-9-24(32)10-5-21)22-6-11-25(33)12-7-22/h4-13,19,26H,2-3,14-18H2,1H3,(H,37,39). The highest BCUT2D eigenvalue weighted by molar-refractivity contribution is 6.31. The number of hydrogen-bond acceptors (Lipinski definition) is 2. The molecule has 1 N–H and O–H groups in total. The molecule has 39 heavy (non-hydrogen) atoms. The van der Waals surface area contributed by atoms with E-state index in [1.165, 1.54) is 37.3 Å². The highest BCUT2D eigenvalue weighted by Crippen LogP contribution is 2.40. The lowest BCUT2D eigenvalue weighted by Crippen LogP contribution is -2.52. The number of benzene rings is 3. The zero-order valence-electron chi connectivity index (χ0n) is 21.5. The molecule has 0 aromatic heterocycles. The lowest BCUT2D eigenvalue weighted by molar-refractivity contribution is -0.137. The third-order valence-electron chi connectivity index (χ3n) is 7.46. The molecule has 3 nitrogen and oxygen atoms in total. The Labute approximate surface area is 230 Å². The van der Waals surface area contributed by atoms with Crippen LogP contribution in [0.1, 0.15) is 60.8 Å². The van der Waals surface area contributed by atoms with E-state index >= 15 is 0 Å². The smallest absolute Gasteiger partial charge is 0.347 e. The van der Waals surface area contributed by atoms with E-state index in [0.29, 0.717) is 31.5 Å². The molecule has 0 aliphatic carbocycles. The highest BCUT2D eigenvalue weighted by atomic mass is 35.5. The van der Waals surface area contributed by atoms with Gasteiger partial charge in [0, 0.05) is 25.9 Å². The van der Waals surface area contributed by atoms with Gasteiger partial charge in [0.2, 0.25) is 5.91 Å². The second-order valence-electron chi connectivity index (χ2n) is 10.1. The summed E-state index contributed by atoms with van der Waals surface area (Å²) in [4.78, 5) is 14.3. The topological polar surface area (TPSA) is 32.3 Å². The van der Waals surface area contributed by atoms with Crippen molar-refractivity contribution in [2.45, 2.75) is 50.2 Å². The largest absolute Gasteiger partial charge is 0.417 e. The van der Waals surface area contributed by atoms with Crippen LogP contribution in [-0.4, -0.2) is 30.4 Å². The normalized spacial score (nSPS) is 15.9. The van der Waals surface area contributed by atoms with Crippen LogP contribution in [0, 0.1) is 11.6 Å². The third kappa shape index (κ3) is 7.17. The van der Waals surface area contributed by atoms with Crippen molar-refractivity contribution in [1.29, 1.82) is 0 Å². The summed E-state index contributed by atoms with van der Waals surface area (Å²) in [7, 11) is 0. The van der Waals surface area contributed by atoms with Gasteiger partial charge in [0.1, 0.15) is 11.6 Å². The fourth-order valence-electron chi connectivity index (χ4n) is 5.46. The van der Waals surface area contributed by atoms with Gasteiger partial charge in [0.15, 0.2) is 0 Å². The van der Waals surface area contributed by atoms with Crippen LogP contribution in [0.3, 0.4) is 0 Å². The van der Waals surface area contributed by atoms with E-state index in [4.69, 9.17) is 11.6 Å². The Hall–Kier alpha value is -2.97. The number of nitrogens with zero attached hydrogens (tertiary/aromatic N) is 1. The molecule has 1 fully saturated rings. The third-order valence-corrected chi connectivity index (χ3v) is 7.79. The van der Waals surface area contributed by atoms with Crippen LogP contribution in [0.5, 0.6) is 0 Å². The molecule has 1 aliphatic heterocycles. The summed E-state index contributed by atoms with van der Waals surface area (Å²) in [5.41, 5.74) is 0.435. The summed E-state index contributed by atoms with van der Waals surface area (Å²) in [6, 6.07) is 16.5. The number of hydrogen-bond donors (Lipinski definition) is 1. The molecule has 4 rings (SSSR count). The van der Waals surface area contributed by atoms with Gasteiger partial charge in [-0.25, -0.2) is 8.78 Å². The molecule has 1 amide bonds. The van der Waals surface area contributed by atoms with Crippen molar-refractivity contribution in [3.8, 4) is 0 Å². The quantitative estimate of drug-likeness (QED) is 0.285. The van der Waals surface area contributed by atoms with Gasteiger partial charge in [-0.3, -0.25) is 4.79 Å². The molecule has 3 aromatic carbocycles. The number of likely N-dealkylation sites (tertiary alicyclic amines) is 1. The van der Waals surface area contributed by atoms with Gasteiger partial charge in [-0.15, -0.1) is 0 Å². The van der Waals surface area contributed by atoms with E-state index < -0.39 is 17.3 Å². The van der Waals surface area contributed by atoms with E-state index in [0.717, 1.165) is 36.6 Å². The first-order valence-corrected chi connectivity index (χ1v) is 13.2. The minimum absolute atomic E-state index is 0.0377. The second kappa shape index (κ2) is 12.0. The maximum absolute atomic E-state index is 13.5. The lowest BCUT2D eigenvalue weighted by Gasteiger charge is -2.43. The summed E-state index contributed by atoms with van der Waals surface area (Å²) < 4.78 is 67.6. The first-order chi connectivity index (χ1) is 18.5. The number of amides is 1. The van der Waals surface area contributed by atoms with E-state index in [1.807, 2.05) is 0 Å². The van der Waals surface area contributed by atoms with Crippen LogP contribution in [0.15, 0.2) is 66.7 Å². The second-order valence-corrected chi connectivity index (χ2v) is 10.5. The fraction of sp³-hybridized carbons (Fsp3) is 0.367. The molecule has 0 radical (unpaired) electrons. The Bertz CT molecular complexity index is 1220. The summed E-state index contributed by atoms with van der Waals surface area (Å²) in [6.45, 7) is 3.27. The van der Waals surface area contributed by atoms with Gasteiger partial charge in [0.05, 0.1) is 16.1 Å². The molecule has 208 valence electrons. The molecule has 3 aromatic rings. The minimum Gasteiger partial charge on any atom is -0.347 e. The van der Waals surface area contributed by atoms with E-state index in [2.05, 4.69) is 10.2 Å². The Kier molecular flexibility index (Phi) is 8.96. The molecule has 0 atom stereocenters. The molecular formula is C30H30ClF5N2O. The van der Waals surface area contributed by atoms with Gasteiger partial charge in [-0.1, -0.05) is 41.9 Å². The molecule has 1 aliphatic rings. The van der Waals surface area contributed by atoms with Crippen molar-refractivity contribution in [1.82, 2.24) is 10.2 Å². The predicted octanol–water partition coefficient (Wildman–Crippen LogP) is 7.68. The van der Waals surface area contributed by atoms with Crippen molar-refractivity contribution < 1.29 is 26.7 Å². The zero-order valence-corrected chi connectivity index (χ0v) is 22.3. The van der Waals surface area contributed by atoms with Crippen molar-refractivity contribution in [3.05, 3.63) is 106 Å². The maximum Gasteiger partial charge on any atom is 0.417 e. The summed E-state index contributed by atoms with van der Waals surface area (Å²) in [5, 5.41) is 2.54. The van der Waals surface area contributed by atoms with Crippen LogP contribution in [0.25, 0.3) is 0 Å². The number of piperidine rings is 1. The van der Waals surface area contributed by atoms with Gasteiger partial charge in [-0.05, 0) is 85.3 Å². The van der Waals surface area contributed by atoms with E-state index in [9.17, 15) is 26.7 Å². The number of halogens is 6. The molecule has 1 heterocycles. The Morgan fingerprint density at radius 2 is 1.49 bits per heavy atom. The Balaban J connectivity index is 1.44. The molecule has 0 unspecified atom stereocenters. The number of carbonyl (C=O) groups excluding carboxylic acids is 1. The number of rotatable bonds is 8. The average Bonchev–Trinajstić information content (AvgIpc) is 2.88. The SMILES string of the molecule is CC(=O)NC1(c2ccc(Cl)c(C(F)(F)F)c2)CCN(CCCC(c2ccc(F)cc2)c2ccc(F)cc2)CC1. The average molecular weight is 565 g/mol. The highest BCUT2D eigenvalue weighted by Gasteiger charge is 2.40. The molecule has 0 saturated carbocycles. The molecule has 0 spiro atoms. The van der Waals surface area contributed by atoms with E-state index in [-0.39, 0.29) is 28.5 Å². The first kappa shape index (κ1) is 29.0. The van der Waals surface area contributed by atoms with Crippen molar-refractivity contribution in [2.75, 3.05) is 19.6 Å². The molecule has 9 heteroatoms. The van der Waals surface area contributed by atoms with Crippen LogP contribution >= 0.6 is 11.6 Å². The van der Waals surface area contributed by atoms with Crippen molar-refractivity contribution >= 4 is 17.5 Å². The van der Waals surface area contributed by atoms with Crippen molar-refractivity contribution in [3.63, 3.8) is 0 Å². The predicted molar refractivity (Wildman–Crippen MR) is 141 cm³/mol. The van der Waals surface area contributed by atoms with Crippen LogP contribution in [0.2, 0.25) is 5.02 Å². The first-order valence-electron chi connectivity index (χ1n) is 12.9. The Morgan fingerprint density at radius 3 is 1.97 bits per heavy atom. The molecular weight excluding hydrogens is 535 g/mol. The summed E-state index contributed by atoms with van der Waals surface area (Å²) in [5.74, 6) is -0.996. The van der Waals surface area contributed by atoms with Gasteiger partial charge >= 0.3 is 6.18 Å². The number of alkyl halides is 3. The number of carbonyl (C=O) groups is 1. The maximum atomic E-state index is 13.5. The molecule has 0 bridgehead atoms. The zero-order chi connectivity index (χ0) is 28.2. The minimum atomic E-state index is -4.60. The van der Waals surface area contributed by atoms with Crippen LogP contribution in [0.4, 0.5) is 22.0 Å². The van der Waals surface area contributed by atoms with Crippen molar-refractivity contribution in [2.24, 2.45) is 0 Å². The fourth-order valence-corrected chi connectivity index (χ4v) is 5.68. The van der Waals surface area contributed by atoms with E-state index in [1.54, 1.807) is 30.3 Å². The summed E-state index contributed by atoms with van der Waals surface area (Å²) >= 11 is 5.83. The van der Waals surface area contributed by atoms with Crippen LogP contribution < -0.4 is 5.32 Å². The Morgan fingerprint density at radius 1 is 0.949 bits per heavy atom. The van der Waals surface area contributed by atoms with Gasteiger partial charge in [0.25, 0.3) is 0 Å². The van der Waals surface area contributed by atoms with Crippen LogP contribution in [-0.2, 0) is 16.5 Å². The summed E-state index contributed by atoms with van der Waals surface area (Å²) in [6.07, 6.45) is -2.16. The molecule has 1 saturated heterocycles. The monoisotopic (exact) mass is 564 g/mol. The number of nitrogens with one attached hydrogen (secondary N) is 1.